The van der Waals surface area contributed by atoms with Crippen LogP contribution >= 0.6 is 23.1 Å². The van der Waals surface area contributed by atoms with Crippen LogP contribution in [-0.2, 0) is 27.2 Å². The Hall–Kier alpha value is -5.45. The maximum Gasteiger partial charge on any atom is 0.341 e. The van der Waals surface area contributed by atoms with Crippen LogP contribution in [0.15, 0.2) is 120 Å². The molecule has 1 aliphatic carbocycles. The van der Waals surface area contributed by atoms with Crippen molar-refractivity contribution in [1.29, 1.82) is 0 Å². The standard InChI is InChI=1S/C41H37N3O5S2/c1-2-49-41(48)37-33-18-9-10-19-35(33)51-40(37)44-36(45)26-50-32-17-11-16-31(25-32)42-39(47)34(43-38(46)30-14-7-4-8-15-30)24-27-20-22-29(23-21-27)28-12-5-3-6-13-28/h3-8,11-17,20-25H,2,9-10,18-19,26H2,1H3,(H,42,47)(H,43,46)(H,44,45)/b34-24+. The van der Waals surface area contributed by atoms with E-state index < -0.39 is 17.8 Å². The molecule has 0 aliphatic heterocycles. The van der Waals surface area contributed by atoms with Gasteiger partial charge in [0.15, 0.2) is 0 Å². The number of carbonyl (C=O) groups is 4. The van der Waals surface area contributed by atoms with Crippen molar-refractivity contribution in [2.24, 2.45) is 0 Å². The van der Waals surface area contributed by atoms with E-state index in [4.69, 9.17) is 4.74 Å². The molecule has 0 saturated heterocycles. The van der Waals surface area contributed by atoms with Crippen LogP contribution in [0.3, 0.4) is 0 Å². The number of fused-ring (bicyclic) bond motifs is 1. The van der Waals surface area contributed by atoms with Gasteiger partial charge in [0.1, 0.15) is 10.7 Å². The second-order valence-corrected chi connectivity index (χ2v) is 14.0. The van der Waals surface area contributed by atoms with Gasteiger partial charge in [-0.2, -0.15) is 0 Å². The van der Waals surface area contributed by atoms with Crippen molar-refractivity contribution in [3.8, 4) is 11.1 Å². The van der Waals surface area contributed by atoms with Crippen molar-refractivity contribution >= 4 is 63.6 Å². The predicted molar refractivity (Wildman–Crippen MR) is 205 cm³/mol. The average molecular weight is 716 g/mol. The largest absolute Gasteiger partial charge is 0.462 e. The van der Waals surface area contributed by atoms with Gasteiger partial charge in [-0.05, 0) is 91.3 Å². The summed E-state index contributed by atoms with van der Waals surface area (Å²) in [4.78, 5) is 54.6. The lowest BCUT2D eigenvalue weighted by atomic mass is 9.95. The van der Waals surface area contributed by atoms with E-state index >= 15 is 0 Å². The molecule has 0 bridgehead atoms. The van der Waals surface area contributed by atoms with Crippen molar-refractivity contribution in [1.82, 2.24) is 5.32 Å². The summed E-state index contributed by atoms with van der Waals surface area (Å²) in [5.74, 6) is -1.46. The summed E-state index contributed by atoms with van der Waals surface area (Å²) in [6.07, 6.45) is 5.40. The summed E-state index contributed by atoms with van der Waals surface area (Å²) in [5.41, 5.74) is 5.31. The van der Waals surface area contributed by atoms with Gasteiger partial charge in [0.05, 0.1) is 17.9 Å². The van der Waals surface area contributed by atoms with Crippen LogP contribution in [0.1, 0.15) is 56.5 Å². The van der Waals surface area contributed by atoms with Crippen molar-refractivity contribution < 1.29 is 23.9 Å². The van der Waals surface area contributed by atoms with Gasteiger partial charge in [-0.1, -0.05) is 78.9 Å². The topological polar surface area (TPSA) is 114 Å². The Kier molecular flexibility index (Phi) is 11.8. The third-order valence-corrected chi connectivity index (χ3v) is 10.4. The maximum atomic E-state index is 13.7. The van der Waals surface area contributed by atoms with Crippen LogP contribution in [0.25, 0.3) is 17.2 Å². The van der Waals surface area contributed by atoms with Crippen LogP contribution < -0.4 is 16.0 Å². The van der Waals surface area contributed by atoms with Gasteiger partial charge in [0.2, 0.25) is 5.91 Å². The highest BCUT2D eigenvalue weighted by Gasteiger charge is 2.27. The van der Waals surface area contributed by atoms with E-state index in [1.165, 1.54) is 23.1 Å². The normalized spacial score (nSPS) is 12.4. The lowest BCUT2D eigenvalue weighted by molar-refractivity contribution is -0.114. The molecule has 6 rings (SSSR count). The number of anilines is 2. The molecular formula is C41H37N3O5S2. The van der Waals surface area contributed by atoms with Crippen molar-refractivity contribution in [2.45, 2.75) is 37.5 Å². The quantitative estimate of drug-likeness (QED) is 0.0678. The molecule has 0 spiro atoms. The summed E-state index contributed by atoms with van der Waals surface area (Å²) in [6.45, 7) is 2.03. The number of benzene rings is 4. The van der Waals surface area contributed by atoms with Gasteiger partial charge < -0.3 is 20.7 Å². The number of rotatable bonds is 12. The first-order valence-corrected chi connectivity index (χ1v) is 18.6. The molecule has 3 amide bonds. The lowest BCUT2D eigenvalue weighted by Crippen LogP contribution is -2.30. The minimum absolute atomic E-state index is 0.0739. The van der Waals surface area contributed by atoms with Crippen LogP contribution in [0.5, 0.6) is 0 Å². The van der Waals surface area contributed by atoms with Crippen molar-refractivity contribution in [3.63, 3.8) is 0 Å². The molecule has 0 radical (unpaired) electrons. The lowest BCUT2D eigenvalue weighted by Gasteiger charge is -2.13. The number of thiophene rings is 1. The van der Waals surface area contributed by atoms with Gasteiger partial charge in [0, 0.05) is 21.0 Å². The first-order chi connectivity index (χ1) is 24.9. The van der Waals surface area contributed by atoms with E-state index in [1.807, 2.05) is 66.7 Å². The van der Waals surface area contributed by atoms with E-state index in [0.29, 0.717) is 21.8 Å². The van der Waals surface area contributed by atoms with Crippen molar-refractivity contribution in [2.75, 3.05) is 23.0 Å². The summed E-state index contributed by atoms with van der Waals surface area (Å²) >= 11 is 2.76. The third kappa shape index (κ3) is 9.22. The minimum Gasteiger partial charge on any atom is -0.462 e. The number of amides is 3. The third-order valence-electron chi connectivity index (χ3n) is 8.22. The number of esters is 1. The molecule has 1 aliphatic rings. The Morgan fingerprint density at radius 3 is 2.25 bits per heavy atom. The Morgan fingerprint density at radius 2 is 1.51 bits per heavy atom. The fourth-order valence-corrected chi connectivity index (χ4v) is 7.81. The first kappa shape index (κ1) is 35.4. The minimum atomic E-state index is -0.500. The van der Waals surface area contributed by atoms with E-state index in [0.717, 1.165) is 57.7 Å². The highest BCUT2D eigenvalue weighted by molar-refractivity contribution is 8.00. The van der Waals surface area contributed by atoms with Crippen LogP contribution in [0, 0.1) is 0 Å². The molecule has 3 N–H and O–H groups in total. The average Bonchev–Trinajstić information content (AvgIpc) is 3.52. The molecule has 0 unspecified atom stereocenters. The van der Waals surface area contributed by atoms with Gasteiger partial charge in [-0.25, -0.2) is 4.79 Å². The molecule has 0 saturated carbocycles. The zero-order valence-corrected chi connectivity index (χ0v) is 29.7. The number of carbonyl (C=O) groups excluding carboxylic acids is 4. The summed E-state index contributed by atoms with van der Waals surface area (Å²) in [7, 11) is 0. The molecule has 258 valence electrons. The van der Waals surface area contributed by atoms with Crippen LogP contribution in [0.4, 0.5) is 10.7 Å². The number of thioether (sulfide) groups is 1. The van der Waals surface area contributed by atoms with Gasteiger partial charge in [-0.15, -0.1) is 23.1 Å². The molecule has 1 aromatic heterocycles. The molecule has 8 nitrogen and oxygen atoms in total. The highest BCUT2D eigenvalue weighted by Crippen LogP contribution is 2.39. The molecule has 0 fully saturated rings. The van der Waals surface area contributed by atoms with Crippen LogP contribution in [-0.4, -0.2) is 36.1 Å². The van der Waals surface area contributed by atoms with Gasteiger partial charge >= 0.3 is 5.97 Å². The molecule has 51 heavy (non-hydrogen) atoms. The van der Waals surface area contributed by atoms with Crippen LogP contribution in [0.2, 0.25) is 0 Å². The molecule has 1 heterocycles. The van der Waals surface area contributed by atoms with Crippen molar-refractivity contribution in [3.05, 3.63) is 142 Å². The Bertz CT molecular complexity index is 2060. The smallest absolute Gasteiger partial charge is 0.341 e. The Balaban J connectivity index is 1.14. The highest BCUT2D eigenvalue weighted by atomic mass is 32.2. The molecule has 0 atom stereocenters. The zero-order valence-electron chi connectivity index (χ0n) is 28.1. The van der Waals surface area contributed by atoms with E-state index in [9.17, 15) is 19.2 Å². The fourth-order valence-electron chi connectivity index (χ4n) is 5.76. The molecule has 10 heteroatoms. The second-order valence-electron chi connectivity index (χ2n) is 11.8. The van der Waals surface area contributed by atoms with E-state index in [-0.39, 0.29) is 24.0 Å². The van der Waals surface area contributed by atoms with E-state index in [1.54, 1.807) is 55.5 Å². The predicted octanol–water partition coefficient (Wildman–Crippen LogP) is 8.61. The maximum absolute atomic E-state index is 13.7. The summed E-state index contributed by atoms with van der Waals surface area (Å²) < 4.78 is 5.31. The van der Waals surface area contributed by atoms with E-state index in [2.05, 4.69) is 16.0 Å². The monoisotopic (exact) mass is 715 g/mol. The molecule has 4 aromatic carbocycles. The summed E-state index contributed by atoms with van der Waals surface area (Å²) in [6, 6.07) is 33.6. The summed E-state index contributed by atoms with van der Waals surface area (Å²) in [5, 5.41) is 9.17. The fraction of sp³-hybridized carbons (Fsp3) is 0.171. The SMILES string of the molecule is CCOC(=O)c1c(NC(=O)CSc2cccc(NC(=O)/C(=C\c3ccc(-c4ccccc4)cc3)NC(=O)c3ccccc3)c2)sc2c1CCCC2. The number of aryl methyl sites for hydroxylation is 1. The Labute approximate surface area is 305 Å². The van der Waals surface area contributed by atoms with Gasteiger partial charge in [-0.3, -0.25) is 14.4 Å². The molecular weight excluding hydrogens is 679 g/mol. The number of ether oxygens (including phenoxy) is 1. The molecule has 5 aromatic rings. The zero-order chi connectivity index (χ0) is 35.6. The number of hydrogen-bond donors (Lipinski definition) is 3. The number of hydrogen-bond acceptors (Lipinski definition) is 7. The second kappa shape index (κ2) is 17.0. The Morgan fingerprint density at radius 1 is 0.804 bits per heavy atom. The first-order valence-electron chi connectivity index (χ1n) is 16.8. The number of nitrogens with one attached hydrogen (secondary N) is 3. The van der Waals surface area contributed by atoms with Gasteiger partial charge in [0.25, 0.3) is 11.8 Å².